The van der Waals surface area contributed by atoms with Crippen molar-refractivity contribution >= 4 is 23.1 Å². The van der Waals surface area contributed by atoms with Gasteiger partial charge in [-0.3, -0.25) is 4.79 Å². The van der Waals surface area contributed by atoms with E-state index in [0.29, 0.717) is 0 Å². The highest BCUT2D eigenvalue weighted by molar-refractivity contribution is 7.80. The van der Waals surface area contributed by atoms with Gasteiger partial charge in [-0.05, 0) is 11.6 Å². The fourth-order valence-corrected chi connectivity index (χ4v) is 2.48. The van der Waals surface area contributed by atoms with Crippen molar-refractivity contribution in [3.63, 3.8) is 0 Å². The van der Waals surface area contributed by atoms with E-state index in [4.69, 9.17) is 23.7 Å². The van der Waals surface area contributed by atoms with Crippen molar-refractivity contribution in [2.45, 2.75) is 5.92 Å². The van der Waals surface area contributed by atoms with Crippen LogP contribution in [0.4, 0.5) is 4.39 Å². The largest absolute Gasteiger partial charge is 0.390 e. The minimum absolute atomic E-state index is 0.0396. The molecule has 5 N–H and O–H groups in total. The third-order valence-electron chi connectivity index (χ3n) is 3.12. The summed E-state index contributed by atoms with van der Waals surface area (Å²) in [6.07, 6.45) is 0. The molecule has 20 heavy (non-hydrogen) atoms. The van der Waals surface area contributed by atoms with Crippen LogP contribution in [0.2, 0.25) is 0 Å². The number of rotatable bonds is 2. The molecule has 0 saturated carbocycles. The van der Waals surface area contributed by atoms with Crippen molar-refractivity contribution in [3.05, 3.63) is 47.0 Å². The molecular weight excluding hydrogens is 279 g/mol. The van der Waals surface area contributed by atoms with Gasteiger partial charge in [-0.25, -0.2) is 4.39 Å². The Labute approximate surface area is 120 Å². The Bertz CT molecular complexity index is 665. The van der Waals surface area contributed by atoms with Crippen LogP contribution in [0.25, 0.3) is 0 Å². The minimum Gasteiger partial charge on any atom is -0.390 e. The van der Waals surface area contributed by atoms with Crippen LogP contribution in [0.5, 0.6) is 0 Å². The average molecular weight is 290 g/mol. The molecule has 0 bridgehead atoms. The Morgan fingerprint density at radius 2 is 2.10 bits per heavy atom. The van der Waals surface area contributed by atoms with Gasteiger partial charge >= 0.3 is 0 Å². The number of benzene rings is 1. The molecule has 2 rings (SSSR count). The summed E-state index contributed by atoms with van der Waals surface area (Å²) in [7, 11) is 0. The summed E-state index contributed by atoms with van der Waals surface area (Å²) >= 11 is 4.91. The number of amides is 1. The van der Waals surface area contributed by atoms with Crippen LogP contribution >= 0.6 is 12.2 Å². The van der Waals surface area contributed by atoms with Gasteiger partial charge in [0.2, 0.25) is 5.91 Å². The summed E-state index contributed by atoms with van der Waals surface area (Å²) in [6.45, 7) is 0. The zero-order chi connectivity index (χ0) is 14.9. The zero-order valence-corrected chi connectivity index (χ0v) is 11.1. The molecule has 1 aliphatic heterocycles. The molecule has 0 unspecified atom stereocenters. The smallest absolute Gasteiger partial charge is 0.243 e. The second-order valence-corrected chi connectivity index (χ2v) is 4.73. The molecule has 7 heteroatoms. The maximum absolute atomic E-state index is 14.0. The van der Waals surface area contributed by atoms with Gasteiger partial charge in [0.25, 0.3) is 0 Å². The third-order valence-corrected chi connectivity index (χ3v) is 3.34. The van der Waals surface area contributed by atoms with Crippen molar-refractivity contribution in [1.29, 1.82) is 5.26 Å². The van der Waals surface area contributed by atoms with E-state index < -0.39 is 23.6 Å². The quantitative estimate of drug-likeness (QED) is 0.693. The number of nitrogens with zero attached hydrogens (tertiary/aromatic N) is 1. The Morgan fingerprint density at radius 3 is 2.65 bits per heavy atom. The number of nitriles is 1. The van der Waals surface area contributed by atoms with Gasteiger partial charge in [0.1, 0.15) is 22.5 Å². The van der Waals surface area contributed by atoms with Crippen LogP contribution in [-0.4, -0.2) is 10.9 Å². The van der Waals surface area contributed by atoms with Gasteiger partial charge in [0, 0.05) is 11.5 Å². The van der Waals surface area contributed by atoms with Crippen molar-refractivity contribution in [1.82, 2.24) is 5.32 Å². The second kappa shape index (κ2) is 5.27. The van der Waals surface area contributed by atoms with E-state index in [1.165, 1.54) is 18.2 Å². The molecule has 1 amide bonds. The number of thiocarbonyl (C=S) groups is 1. The van der Waals surface area contributed by atoms with E-state index in [-0.39, 0.29) is 21.9 Å². The Kier molecular flexibility index (Phi) is 3.68. The minimum atomic E-state index is -1.14. The van der Waals surface area contributed by atoms with Crippen LogP contribution in [0.15, 0.2) is 35.7 Å². The summed E-state index contributed by atoms with van der Waals surface area (Å²) in [5.41, 5.74) is 11.7. The van der Waals surface area contributed by atoms with E-state index in [1.54, 1.807) is 6.07 Å². The summed E-state index contributed by atoms with van der Waals surface area (Å²) < 4.78 is 14.0. The molecule has 1 aromatic carbocycles. The Balaban J connectivity index is 2.69. The monoisotopic (exact) mass is 290 g/mol. The van der Waals surface area contributed by atoms with Crippen LogP contribution < -0.4 is 16.8 Å². The van der Waals surface area contributed by atoms with Crippen molar-refractivity contribution < 1.29 is 9.18 Å². The lowest BCUT2D eigenvalue weighted by atomic mass is 9.78. The fraction of sp³-hybridized carbons (Fsp3) is 0.154. The lowest BCUT2D eigenvalue weighted by molar-refractivity contribution is -0.123. The Hall–Kier alpha value is -2.46. The number of nitrogens with two attached hydrogens (primary N) is 2. The average Bonchev–Trinajstić information content (AvgIpc) is 2.38. The first-order valence-electron chi connectivity index (χ1n) is 5.71. The fourth-order valence-electron chi connectivity index (χ4n) is 2.24. The number of nitrogens with one attached hydrogen (secondary N) is 1. The predicted molar refractivity (Wildman–Crippen MR) is 74.4 cm³/mol. The molecule has 102 valence electrons. The second-order valence-electron chi connectivity index (χ2n) is 4.29. The first-order chi connectivity index (χ1) is 9.47. The number of hydrogen-bond acceptors (Lipinski definition) is 4. The van der Waals surface area contributed by atoms with E-state index in [0.717, 1.165) is 0 Å². The standard InChI is InChI=1S/C13H11FN4OS/c14-8-4-2-1-3-6(8)9-7(5-15)13(19)18-11(16)10(9)12(17)20/h1-4,7,9H,16H2,(H2,17,20)(H,18,19)/t7-,9+/m0/s1. The van der Waals surface area contributed by atoms with E-state index in [9.17, 15) is 14.4 Å². The van der Waals surface area contributed by atoms with Gasteiger partial charge in [-0.1, -0.05) is 30.4 Å². The van der Waals surface area contributed by atoms with E-state index in [1.807, 2.05) is 6.07 Å². The first kappa shape index (κ1) is 14.0. The molecule has 1 aromatic rings. The SMILES string of the molecule is N#C[C@@H]1C(=O)NC(N)=C(C(N)=S)[C@@H]1c1ccccc1F. The summed E-state index contributed by atoms with van der Waals surface area (Å²) in [4.78, 5) is 11.8. The third kappa shape index (κ3) is 2.21. The molecule has 1 heterocycles. The lowest BCUT2D eigenvalue weighted by Gasteiger charge is -2.30. The first-order valence-corrected chi connectivity index (χ1v) is 6.12. The van der Waals surface area contributed by atoms with E-state index in [2.05, 4.69) is 5.32 Å². The number of carbonyl (C=O) groups is 1. The van der Waals surface area contributed by atoms with Crippen LogP contribution in [-0.2, 0) is 4.79 Å². The molecule has 0 radical (unpaired) electrons. The molecule has 5 nitrogen and oxygen atoms in total. The molecule has 0 saturated heterocycles. The molecule has 0 spiro atoms. The lowest BCUT2D eigenvalue weighted by Crippen LogP contribution is -2.45. The molecule has 2 atom stereocenters. The van der Waals surface area contributed by atoms with Crippen molar-refractivity contribution in [3.8, 4) is 6.07 Å². The molecule has 1 aliphatic rings. The highest BCUT2D eigenvalue weighted by atomic mass is 32.1. The number of carbonyl (C=O) groups excluding carboxylic acids is 1. The zero-order valence-electron chi connectivity index (χ0n) is 10.3. The van der Waals surface area contributed by atoms with Crippen LogP contribution in [0.3, 0.4) is 0 Å². The summed E-state index contributed by atoms with van der Waals surface area (Å²) in [6, 6.07) is 7.69. The van der Waals surface area contributed by atoms with Crippen molar-refractivity contribution in [2.75, 3.05) is 0 Å². The van der Waals surface area contributed by atoms with Gasteiger partial charge in [0.15, 0.2) is 0 Å². The van der Waals surface area contributed by atoms with Crippen LogP contribution in [0, 0.1) is 23.1 Å². The Morgan fingerprint density at radius 1 is 1.45 bits per heavy atom. The number of halogens is 1. The van der Waals surface area contributed by atoms with Gasteiger partial charge in [0.05, 0.1) is 6.07 Å². The summed E-state index contributed by atoms with van der Waals surface area (Å²) in [5, 5.41) is 11.5. The molecule has 0 aliphatic carbocycles. The molecule has 0 fully saturated rings. The van der Waals surface area contributed by atoms with Gasteiger partial charge in [-0.2, -0.15) is 5.26 Å². The van der Waals surface area contributed by atoms with Gasteiger partial charge in [-0.15, -0.1) is 0 Å². The highest BCUT2D eigenvalue weighted by Crippen LogP contribution is 2.36. The molecular formula is C13H11FN4OS. The number of hydrogen-bond donors (Lipinski definition) is 3. The maximum atomic E-state index is 14.0. The van der Waals surface area contributed by atoms with Crippen molar-refractivity contribution in [2.24, 2.45) is 17.4 Å². The highest BCUT2D eigenvalue weighted by Gasteiger charge is 2.40. The molecule has 0 aromatic heterocycles. The van der Waals surface area contributed by atoms with E-state index >= 15 is 0 Å². The topological polar surface area (TPSA) is 105 Å². The van der Waals surface area contributed by atoms with Crippen LogP contribution in [0.1, 0.15) is 11.5 Å². The summed E-state index contributed by atoms with van der Waals surface area (Å²) in [5.74, 6) is -3.24. The van der Waals surface area contributed by atoms with Gasteiger partial charge < -0.3 is 16.8 Å². The maximum Gasteiger partial charge on any atom is 0.243 e. The predicted octanol–water partition coefficient (Wildman–Crippen LogP) is 0.635. The normalized spacial score (nSPS) is 22.1.